The molecule has 0 aliphatic rings. The van der Waals surface area contributed by atoms with Crippen molar-refractivity contribution in [2.24, 2.45) is 0 Å². The van der Waals surface area contributed by atoms with Gasteiger partial charge in [0.2, 0.25) is 0 Å². The second kappa shape index (κ2) is 6.04. The first-order valence-corrected chi connectivity index (χ1v) is 7.21. The van der Waals surface area contributed by atoms with Crippen molar-refractivity contribution < 1.29 is 9.32 Å². The number of hydrogen-bond donors (Lipinski definition) is 0. The zero-order valence-corrected chi connectivity index (χ0v) is 13.2. The van der Waals surface area contributed by atoms with E-state index in [9.17, 15) is 4.79 Å². The van der Waals surface area contributed by atoms with Gasteiger partial charge < -0.3 is 9.42 Å². The lowest BCUT2D eigenvalue weighted by Crippen LogP contribution is -2.29. The molecule has 23 heavy (non-hydrogen) atoms. The van der Waals surface area contributed by atoms with Crippen molar-refractivity contribution in [2.75, 3.05) is 7.05 Å². The second-order valence-corrected chi connectivity index (χ2v) is 5.35. The Bertz CT molecular complexity index is 792. The fourth-order valence-electron chi connectivity index (χ4n) is 2.29. The number of amides is 1. The highest BCUT2D eigenvalue weighted by Gasteiger charge is 2.21. The summed E-state index contributed by atoms with van der Waals surface area (Å²) in [5.41, 5.74) is 2.25. The summed E-state index contributed by atoms with van der Waals surface area (Å²) in [7, 11) is 1.75. The van der Waals surface area contributed by atoms with Crippen LogP contribution in [0.15, 0.2) is 47.5 Å². The van der Waals surface area contributed by atoms with Gasteiger partial charge in [0, 0.05) is 13.1 Å². The highest BCUT2D eigenvalue weighted by atomic mass is 16.5. The molecule has 1 amide bonds. The van der Waals surface area contributed by atoms with E-state index in [4.69, 9.17) is 4.52 Å². The van der Waals surface area contributed by atoms with E-state index in [1.807, 2.05) is 31.2 Å². The first-order chi connectivity index (χ1) is 11.1. The van der Waals surface area contributed by atoms with Gasteiger partial charge in [0.25, 0.3) is 5.91 Å². The summed E-state index contributed by atoms with van der Waals surface area (Å²) < 4.78 is 6.65. The third-order valence-electron chi connectivity index (χ3n) is 3.81. The molecule has 7 heteroatoms. The van der Waals surface area contributed by atoms with Crippen LogP contribution in [0.3, 0.4) is 0 Å². The van der Waals surface area contributed by atoms with E-state index in [1.54, 1.807) is 35.9 Å². The number of rotatable bonds is 4. The van der Waals surface area contributed by atoms with Crippen LogP contribution in [0.4, 0.5) is 0 Å². The zero-order valence-electron chi connectivity index (χ0n) is 13.2. The number of nitrogens with zero attached hydrogens (tertiary/aromatic N) is 5. The predicted octanol–water partition coefficient (Wildman–Crippen LogP) is 2.40. The average molecular weight is 311 g/mol. The van der Waals surface area contributed by atoms with Crippen molar-refractivity contribution in [2.45, 2.75) is 19.9 Å². The first-order valence-electron chi connectivity index (χ1n) is 7.21. The summed E-state index contributed by atoms with van der Waals surface area (Å²) in [4.78, 5) is 18.0. The average Bonchev–Trinajstić information content (AvgIpc) is 3.24. The Morgan fingerprint density at radius 1 is 1.30 bits per heavy atom. The van der Waals surface area contributed by atoms with Crippen molar-refractivity contribution in [3.8, 4) is 5.69 Å². The molecule has 1 atom stereocenters. The topological polar surface area (TPSA) is 77.1 Å². The molecule has 3 aromatic rings. The molecule has 7 nitrogen and oxygen atoms in total. The van der Waals surface area contributed by atoms with Crippen LogP contribution in [0.5, 0.6) is 0 Å². The number of benzene rings is 1. The Morgan fingerprint density at radius 2 is 2.04 bits per heavy atom. The number of hydrogen-bond acceptors (Lipinski definition) is 5. The van der Waals surface area contributed by atoms with E-state index in [0.717, 1.165) is 11.3 Å². The molecule has 0 bridgehead atoms. The summed E-state index contributed by atoms with van der Waals surface area (Å²) in [6.07, 6.45) is 3.13. The molecule has 0 radical (unpaired) electrons. The summed E-state index contributed by atoms with van der Waals surface area (Å²) in [5.74, 6) is 0.446. The van der Waals surface area contributed by atoms with E-state index in [-0.39, 0.29) is 11.9 Å². The van der Waals surface area contributed by atoms with Crippen molar-refractivity contribution in [1.29, 1.82) is 0 Å². The molecule has 0 aliphatic heterocycles. The van der Waals surface area contributed by atoms with Crippen LogP contribution in [0.1, 0.15) is 34.8 Å². The maximum atomic E-state index is 12.4. The lowest BCUT2D eigenvalue weighted by Gasteiger charge is -2.24. The van der Waals surface area contributed by atoms with Crippen molar-refractivity contribution in [1.82, 2.24) is 24.8 Å². The lowest BCUT2D eigenvalue weighted by molar-refractivity contribution is 0.0732. The van der Waals surface area contributed by atoms with Gasteiger partial charge in [0.1, 0.15) is 18.4 Å². The number of aromatic nitrogens is 4. The number of carbonyl (C=O) groups is 1. The monoisotopic (exact) mass is 311 g/mol. The van der Waals surface area contributed by atoms with Crippen molar-refractivity contribution in [3.63, 3.8) is 0 Å². The quantitative estimate of drug-likeness (QED) is 0.739. The van der Waals surface area contributed by atoms with E-state index in [0.29, 0.717) is 11.5 Å². The molecule has 2 heterocycles. The summed E-state index contributed by atoms with van der Waals surface area (Å²) in [5, 5.41) is 7.86. The van der Waals surface area contributed by atoms with E-state index >= 15 is 0 Å². The fourth-order valence-corrected chi connectivity index (χ4v) is 2.29. The highest BCUT2D eigenvalue weighted by Crippen LogP contribution is 2.22. The fraction of sp³-hybridized carbons (Fsp3) is 0.250. The molecule has 3 rings (SSSR count). The molecule has 1 unspecified atom stereocenters. The first kappa shape index (κ1) is 15.0. The van der Waals surface area contributed by atoms with E-state index in [1.165, 1.54) is 6.33 Å². The Morgan fingerprint density at radius 3 is 2.61 bits per heavy atom. The maximum Gasteiger partial charge on any atom is 0.276 e. The number of aryl methyl sites for hydroxylation is 1. The van der Waals surface area contributed by atoms with Gasteiger partial charge in [-0.3, -0.25) is 4.79 Å². The minimum absolute atomic E-state index is 0.0932. The van der Waals surface area contributed by atoms with E-state index < -0.39 is 0 Å². The van der Waals surface area contributed by atoms with Crippen LogP contribution >= 0.6 is 0 Å². The summed E-state index contributed by atoms with van der Waals surface area (Å²) in [6.45, 7) is 3.73. The molecular formula is C16H17N5O2. The van der Waals surface area contributed by atoms with E-state index in [2.05, 4.69) is 15.2 Å². The van der Waals surface area contributed by atoms with Gasteiger partial charge in [-0.25, -0.2) is 9.67 Å². The molecule has 0 spiro atoms. The molecule has 1 aromatic carbocycles. The molecule has 0 aliphatic carbocycles. The second-order valence-electron chi connectivity index (χ2n) is 5.35. The summed E-state index contributed by atoms with van der Waals surface area (Å²) >= 11 is 0. The van der Waals surface area contributed by atoms with Crippen LogP contribution in [-0.4, -0.2) is 37.8 Å². The normalized spacial score (nSPS) is 12.1. The van der Waals surface area contributed by atoms with Crippen LogP contribution in [0.25, 0.3) is 5.69 Å². The Hall–Kier alpha value is -2.96. The Balaban J connectivity index is 1.77. The third-order valence-corrected chi connectivity index (χ3v) is 3.81. The minimum atomic E-state index is -0.172. The lowest BCUT2D eigenvalue weighted by atomic mass is 10.1. The van der Waals surface area contributed by atoms with Gasteiger partial charge in [0.15, 0.2) is 5.69 Å². The molecule has 0 fully saturated rings. The van der Waals surface area contributed by atoms with Crippen LogP contribution < -0.4 is 0 Å². The molecular weight excluding hydrogens is 294 g/mol. The predicted molar refractivity (Wildman–Crippen MR) is 83.1 cm³/mol. The van der Waals surface area contributed by atoms with Crippen molar-refractivity contribution in [3.05, 3.63) is 60.0 Å². The SMILES string of the molecule is Cc1cc(C(=O)N(C)C(C)c2ccc(-n3cncn3)cc2)no1. The Labute approximate surface area is 133 Å². The van der Waals surface area contributed by atoms with Gasteiger partial charge in [0.05, 0.1) is 11.7 Å². The van der Waals surface area contributed by atoms with Gasteiger partial charge in [-0.2, -0.15) is 5.10 Å². The standard InChI is InChI=1S/C16H17N5O2/c1-11-8-15(19-23-11)16(22)20(3)12(2)13-4-6-14(7-5-13)21-10-17-9-18-21/h4-10,12H,1-3H3. The minimum Gasteiger partial charge on any atom is -0.361 e. The maximum absolute atomic E-state index is 12.4. The Kier molecular flexibility index (Phi) is 3.92. The largest absolute Gasteiger partial charge is 0.361 e. The molecule has 0 saturated carbocycles. The molecule has 118 valence electrons. The van der Waals surface area contributed by atoms with Gasteiger partial charge in [-0.15, -0.1) is 0 Å². The molecule has 0 saturated heterocycles. The zero-order chi connectivity index (χ0) is 16.4. The smallest absolute Gasteiger partial charge is 0.276 e. The van der Waals surface area contributed by atoms with Crippen molar-refractivity contribution >= 4 is 5.91 Å². The molecule has 0 N–H and O–H groups in total. The van der Waals surface area contributed by atoms with Gasteiger partial charge >= 0.3 is 0 Å². The van der Waals surface area contributed by atoms with Gasteiger partial charge in [-0.05, 0) is 31.5 Å². The number of carbonyl (C=O) groups excluding carboxylic acids is 1. The van der Waals surface area contributed by atoms with Crippen LogP contribution in [0, 0.1) is 6.92 Å². The highest BCUT2D eigenvalue weighted by molar-refractivity contribution is 5.92. The molecule has 2 aromatic heterocycles. The summed E-state index contributed by atoms with van der Waals surface area (Å²) in [6, 6.07) is 9.38. The van der Waals surface area contributed by atoms with Gasteiger partial charge in [-0.1, -0.05) is 17.3 Å². The third kappa shape index (κ3) is 2.98. The van der Waals surface area contributed by atoms with Crippen LogP contribution in [0.2, 0.25) is 0 Å². The van der Waals surface area contributed by atoms with Crippen LogP contribution in [-0.2, 0) is 0 Å².